The van der Waals surface area contributed by atoms with Crippen LogP contribution in [0.4, 0.5) is 0 Å². The maximum absolute atomic E-state index is 12.8. The van der Waals surface area contributed by atoms with E-state index in [1.54, 1.807) is 10.9 Å². The normalized spacial score (nSPS) is 11.2. The van der Waals surface area contributed by atoms with Gasteiger partial charge in [-0.05, 0) is 32.9 Å². The molecule has 0 bridgehead atoms. The highest BCUT2D eigenvalue weighted by Crippen LogP contribution is 2.26. The summed E-state index contributed by atoms with van der Waals surface area (Å²) in [6.45, 7) is 6.50. The Morgan fingerprint density at radius 1 is 1.40 bits per heavy atom. The smallest absolute Gasteiger partial charge is 0.229 e. The molecule has 0 aromatic carbocycles. The lowest BCUT2D eigenvalue weighted by Crippen LogP contribution is -2.37. The first kappa shape index (κ1) is 17.4. The summed E-state index contributed by atoms with van der Waals surface area (Å²) in [5, 5.41) is 6.90. The molecule has 0 aliphatic heterocycles. The molecule has 132 valence electrons. The van der Waals surface area contributed by atoms with Crippen LogP contribution < -0.4 is 0 Å². The highest BCUT2D eigenvalue weighted by Gasteiger charge is 2.20. The minimum absolute atomic E-state index is 0.0614. The SMILES string of the molecule is Cc1ccc(-c2nc(CC(=O)N(Cc3cnn(C)c3)C(C)C)cs2)o1. The number of aryl methyl sites for hydroxylation is 2. The number of rotatable bonds is 6. The van der Waals surface area contributed by atoms with E-state index >= 15 is 0 Å². The second-order valence-electron chi connectivity index (χ2n) is 6.37. The fourth-order valence-electron chi connectivity index (χ4n) is 2.62. The van der Waals surface area contributed by atoms with Crippen LogP contribution in [0.1, 0.15) is 30.9 Å². The Balaban J connectivity index is 1.70. The molecule has 3 rings (SSSR count). The average molecular weight is 358 g/mol. The second kappa shape index (κ2) is 7.23. The average Bonchev–Trinajstić information content (AvgIpc) is 3.26. The summed E-state index contributed by atoms with van der Waals surface area (Å²) in [6, 6.07) is 3.93. The molecule has 3 aromatic rings. The van der Waals surface area contributed by atoms with Crippen LogP contribution in [0.5, 0.6) is 0 Å². The van der Waals surface area contributed by atoms with Crippen molar-refractivity contribution in [2.75, 3.05) is 0 Å². The van der Waals surface area contributed by atoms with Gasteiger partial charge in [0.2, 0.25) is 5.91 Å². The van der Waals surface area contributed by atoms with Gasteiger partial charge in [-0.3, -0.25) is 9.48 Å². The van der Waals surface area contributed by atoms with Gasteiger partial charge in [-0.1, -0.05) is 0 Å². The molecule has 0 spiro atoms. The Kier molecular flexibility index (Phi) is 5.03. The molecule has 6 nitrogen and oxygen atoms in total. The van der Waals surface area contributed by atoms with Gasteiger partial charge in [0.05, 0.1) is 18.3 Å². The molecule has 0 radical (unpaired) electrons. The summed E-state index contributed by atoms with van der Waals surface area (Å²) < 4.78 is 7.34. The van der Waals surface area contributed by atoms with Gasteiger partial charge in [0, 0.05) is 36.8 Å². The van der Waals surface area contributed by atoms with Crippen LogP contribution in [-0.2, 0) is 24.8 Å². The van der Waals surface area contributed by atoms with E-state index < -0.39 is 0 Å². The van der Waals surface area contributed by atoms with Gasteiger partial charge in [0.1, 0.15) is 5.76 Å². The molecular weight excluding hydrogens is 336 g/mol. The van der Waals surface area contributed by atoms with Gasteiger partial charge >= 0.3 is 0 Å². The van der Waals surface area contributed by atoms with E-state index in [2.05, 4.69) is 10.1 Å². The monoisotopic (exact) mass is 358 g/mol. The number of aromatic nitrogens is 3. The summed E-state index contributed by atoms with van der Waals surface area (Å²) in [7, 11) is 1.87. The molecule has 0 saturated carbocycles. The molecule has 0 N–H and O–H groups in total. The zero-order chi connectivity index (χ0) is 18.0. The van der Waals surface area contributed by atoms with Crippen molar-refractivity contribution in [2.45, 2.75) is 39.8 Å². The van der Waals surface area contributed by atoms with Crippen molar-refractivity contribution in [1.29, 1.82) is 0 Å². The zero-order valence-corrected chi connectivity index (χ0v) is 15.7. The number of furan rings is 1. The quantitative estimate of drug-likeness (QED) is 0.677. The zero-order valence-electron chi connectivity index (χ0n) is 14.9. The van der Waals surface area contributed by atoms with Crippen molar-refractivity contribution < 1.29 is 9.21 Å². The molecule has 0 fully saturated rings. The van der Waals surface area contributed by atoms with Crippen molar-refractivity contribution in [3.63, 3.8) is 0 Å². The number of amides is 1. The van der Waals surface area contributed by atoms with Crippen molar-refractivity contribution in [2.24, 2.45) is 7.05 Å². The first-order valence-electron chi connectivity index (χ1n) is 8.20. The Labute approximate surface area is 151 Å². The first-order valence-corrected chi connectivity index (χ1v) is 9.08. The van der Waals surface area contributed by atoms with E-state index in [1.165, 1.54) is 11.3 Å². The fraction of sp³-hybridized carbons (Fsp3) is 0.389. The van der Waals surface area contributed by atoms with Crippen LogP contribution in [0.2, 0.25) is 0 Å². The predicted molar refractivity (Wildman–Crippen MR) is 97.2 cm³/mol. The molecule has 7 heteroatoms. The van der Waals surface area contributed by atoms with Crippen LogP contribution in [0.3, 0.4) is 0 Å². The first-order chi connectivity index (χ1) is 11.9. The number of carbonyl (C=O) groups is 1. The Morgan fingerprint density at radius 3 is 2.80 bits per heavy atom. The molecule has 0 saturated heterocycles. The van der Waals surface area contributed by atoms with Crippen molar-refractivity contribution in [3.05, 3.63) is 46.9 Å². The van der Waals surface area contributed by atoms with Crippen LogP contribution in [0.15, 0.2) is 34.3 Å². The standard InChI is InChI=1S/C18H22N4O2S/c1-12(2)22(10-14-8-19-21(4)9-14)17(23)7-15-11-25-18(20-15)16-6-5-13(3)24-16/h5-6,8-9,11-12H,7,10H2,1-4H3. The summed E-state index contributed by atoms with van der Waals surface area (Å²) >= 11 is 1.50. The number of thiazole rings is 1. The van der Waals surface area contributed by atoms with Crippen molar-refractivity contribution in [1.82, 2.24) is 19.7 Å². The topological polar surface area (TPSA) is 64.2 Å². The molecule has 1 amide bonds. The van der Waals surface area contributed by atoms with Crippen molar-refractivity contribution >= 4 is 17.2 Å². The summed E-state index contributed by atoms with van der Waals surface area (Å²) in [4.78, 5) is 19.2. The summed E-state index contributed by atoms with van der Waals surface area (Å²) in [5.74, 6) is 1.66. The third kappa shape index (κ3) is 4.17. The Bertz CT molecular complexity index is 862. The van der Waals surface area contributed by atoms with E-state index in [0.29, 0.717) is 6.54 Å². The molecule has 0 aliphatic rings. The molecule has 25 heavy (non-hydrogen) atoms. The largest absolute Gasteiger partial charge is 0.459 e. The Hall–Kier alpha value is -2.41. The fourth-order valence-corrected chi connectivity index (χ4v) is 3.40. The molecular formula is C18H22N4O2S. The lowest BCUT2D eigenvalue weighted by molar-refractivity contribution is -0.132. The molecule has 0 aliphatic carbocycles. The highest BCUT2D eigenvalue weighted by atomic mass is 32.1. The predicted octanol–water partition coefficient (Wildman–Crippen LogP) is 3.42. The second-order valence-corrected chi connectivity index (χ2v) is 7.23. The van der Waals surface area contributed by atoms with Crippen LogP contribution >= 0.6 is 11.3 Å². The van der Waals surface area contributed by atoms with E-state index in [0.717, 1.165) is 27.8 Å². The summed E-state index contributed by atoms with van der Waals surface area (Å²) in [5.41, 5.74) is 1.80. The minimum Gasteiger partial charge on any atom is -0.459 e. The van der Waals surface area contributed by atoms with Gasteiger partial charge in [-0.15, -0.1) is 11.3 Å². The maximum Gasteiger partial charge on any atom is 0.229 e. The van der Waals surface area contributed by atoms with Gasteiger partial charge in [0.25, 0.3) is 0 Å². The van der Waals surface area contributed by atoms with E-state index in [1.807, 2.05) is 56.4 Å². The summed E-state index contributed by atoms with van der Waals surface area (Å²) in [6.07, 6.45) is 4.01. The van der Waals surface area contributed by atoms with Gasteiger partial charge in [0.15, 0.2) is 10.8 Å². The molecule has 0 unspecified atom stereocenters. The van der Waals surface area contributed by atoms with Crippen LogP contribution in [0.25, 0.3) is 10.8 Å². The van der Waals surface area contributed by atoms with Crippen LogP contribution in [-0.4, -0.2) is 31.6 Å². The third-order valence-electron chi connectivity index (χ3n) is 3.89. The lowest BCUT2D eigenvalue weighted by atomic mass is 10.2. The Morgan fingerprint density at radius 2 is 2.20 bits per heavy atom. The lowest BCUT2D eigenvalue weighted by Gasteiger charge is -2.26. The number of nitrogens with zero attached hydrogens (tertiary/aromatic N) is 4. The third-order valence-corrected chi connectivity index (χ3v) is 4.80. The van der Waals surface area contributed by atoms with Crippen LogP contribution in [0, 0.1) is 6.92 Å². The minimum atomic E-state index is 0.0614. The number of carbonyl (C=O) groups excluding carboxylic acids is 1. The van der Waals surface area contributed by atoms with E-state index in [9.17, 15) is 4.79 Å². The molecule has 0 atom stereocenters. The van der Waals surface area contributed by atoms with E-state index in [-0.39, 0.29) is 18.4 Å². The van der Waals surface area contributed by atoms with Gasteiger partial charge < -0.3 is 9.32 Å². The number of hydrogen-bond acceptors (Lipinski definition) is 5. The van der Waals surface area contributed by atoms with Crippen molar-refractivity contribution in [3.8, 4) is 10.8 Å². The van der Waals surface area contributed by atoms with E-state index in [4.69, 9.17) is 4.42 Å². The highest BCUT2D eigenvalue weighted by molar-refractivity contribution is 7.13. The maximum atomic E-state index is 12.8. The van der Waals surface area contributed by atoms with Gasteiger partial charge in [-0.25, -0.2) is 4.98 Å². The van der Waals surface area contributed by atoms with Gasteiger partial charge in [-0.2, -0.15) is 5.10 Å². The molecule has 3 heterocycles. The molecule has 3 aromatic heterocycles. The number of hydrogen-bond donors (Lipinski definition) is 0.